The van der Waals surface area contributed by atoms with Crippen LogP contribution >= 0.6 is 0 Å². The van der Waals surface area contributed by atoms with Crippen molar-refractivity contribution in [2.24, 2.45) is 5.73 Å². The van der Waals surface area contributed by atoms with Crippen molar-refractivity contribution >= 4 is 5.84 Å². The van der Waals surface area contributed by atoms with Crippen LogP contribution in [0, 0.1) is 5.41 Å². The first kappa shape index (κ1) is 6.08. The molecule has 0 aromatic carbocycles. The average Bonchev–Trinajstić information content (AvgIpc) is 1.90. The van der Waals surface area contributed by atoms with Crippen LogP contribution in [-0.2, 0) is 0 Å². The standard InChI is InChI=1S/C7H10N2/c8-7(9)6-4-2-1-3-5-6/h2,4-5H,1,3H2,(H3,8,9). The van der Waals surface area contributed by atoms with Gasteiger partial charge >= 0.3 is 0 Å². The van der Waals surface area contributed by atoms with E-state index in [2.05, 4.69) is 0 Å². The van der Waals surface area contributed by atoms with Gasteiger partial charge in [-0.05, 0) is 12.8 Å². The molecule has 2 nitrogen and oxygen atoms in total. The second-order valence-electron chi connectivity index (χ2n) is 2.05. The number of amidine groups is 1. The van der Waals surface area contributed by atoms with Gasteiger partial charge in [-0.2, -0.15) is 0 Å². The molecule has 0 aromatic rings. The summed E-state index contributed by atoms with van der Waals surface area (Å²) in [6.07, 6.45) is 8.02. The minimum Gasteiger partial charge on any atom is -0.384 e. The van der Waals surface area contributed by atoms with Crippen LogP contribution in [0.3, 0.4) is 0 Å². The van der Waals surface area contributed by atoms with E-state index in [4.69, 9.17) is 11.1 Å². The van der Waals surface area contributed by atoms with Crippen molar-refractivity contribution in [1.29, 1.82) is 5.41 Å². The SMILES string of the molecule is N=C(N)C1=CCCC=C1. The van der Waals surface area contributed by atoms with Crippen LogP contribution in [0.5, 0.6) is 0 Å². The molecule has 2 heteroatoms. The Morgan fingerprint density at radius 1 is 1.56 bits per heavy atom. The quantitative estimate of drug-likeness (QED) is 0.398. The molecule has 0 bridgehead atoms. The highest BCUT2D eigenvalue weighted by Crippen LogP contribution is 2.07. The van der Waals surface area contributed by atoms with Crippen molar-refractivity contribution in [3.8, 4) is 0 Å². The molecule has 3 N–H and O–H groups in total. The van der Waals surface area contributed by atoms with Gasteiger partial charge in [-0.15, -0.1) is 0 Å². The van der Waals surface area contributed by atoms with Gasteiger partial charge in [-0.3, -0.25) is 5.41 Å². The fourth-order valence-corrected chi connectivity index (χ4v) is 0.813. The van der Waals surface area contributed by atoms with Crippen LogP contribution in [0.4, 0.5) is 0 Å². The normalized spacial score (nSPS) is 17.1. The molecule has 1 rings (SSSR count). The molecular formula is C7H10N2. The molecule has 9 heavy (non-hydrogen) atoms. The summed E-state index contributed by atoms with van der Waals surface area (Å²) in [5, 5.41) is 7.05. The Balaban J connectivity index is 2.69. The summed E-state index contributed by atoms with van der Waals surface area (Å²) in [6, 6.07) is 0. The molecule has 0 atom stereocenters. The minimum absolute atomic E-state index is 0.172. The first-order valence-electron chi connectivity index (χ1n) is 3.02. The van der Waals surface area contributed by atoms with Gasteiger partial charge in [0.2, 0.25) is 0 Å². The van der Waals surface area contributed by atoms with Gasteiger partial charge < -0.3 is 5.73 Å². The Hall–Kier alpha value is -1.05. The summed E-state index contributed by atoms with van der Waals surface area (Å²) in [6.45, 7) is 0. The van der Waals surface area contributed by atoms with Crippen molar-refractivity contribution in [3.63, 3.8) is 0 Å². The van der Waals surface area contributed by atoms with Crippen LogP contribution in [0.25, 0.3) is 0 Å². The van der Waals surface area contributed by atoms with Gasteiger partial charge in [0.1, 0.15) is 5.84 Å². The van der Waals surface area contributed by atoms with Crippen molar-refractivity contribution in [3.05, 3.63) is 23.8 Å². The molecule has 0 spiro atoms. The molecule has 0 heterocycles. The van der Waals surface area contributed by atoms with Crippen molar-refractivity contribution in [2.75, 3.05) is 0 Å². The van der Waals surface area contributed by atoms with E-state index in [0.717, 1.165) is 18.4 Å². The zero-order chi connectivity index (χ0) is 6.69. The molecule has 0 aromatic heterocycles. The lowest BCUT2D eigenvalue weighted by Crippen LogP contribution is -2.12. The number of allylic oxidation sites excluding steroid dienone is 2. The smallest absolute Gasteiger partial charge is 0.122 e. The Labute approximate surface area is 54.6 Å². The zero-order valence-electron chi connectivity index (χ0n) is 5.22. The third kappa shape index (κ3) is 1.42. The summed E-state index contributed by atoms with van der Waals surface area (Å²) in [5.74, 6) is 0.172. The largest absolute Gasteiger partial charge is 0.384 e. The number of nitrogens with two attached hydrogens (primary N) is 1. The summed E-state index contributed by atoms with van der Waals surface area (Å²) >= 11 is 0. The molecule has 0 radical (unpaired) electrons. The Morgan fingerprint density at radius 3 is 2.67 bits per heavy atom. The van der Waals surface area contributed by atoms with E-state index in [1.54, 1.807) is 0 Å². The maximum absolute atomic E-state index is 7.05. The molecule has 0 saturated carbocycles. The Bertz CT molecular complexity index is 177. The first-order chi connectivity index (χ1) is 4.30. The molecular weight excluding hydrogens is 112 g/mol. The number of nitrogens with one attached hydrogen (secondary N) is 1. The third-order valence-electron chi connectivity index (χ3n) is 1.31. The summed E-state index contributed by atoms with van der Waals surface area (Å²) in [7, 11) is 0. The van der Waals surface area contributed by atoms with Crippen LogP contribution < -0.4 is 5.73 Å². The fraction of sp³-hybridized carbons (Fsp3) is 0.286. The van der Waals surface area contributed by atoms with Gasteiger partial charge in [-0.1, -0.05) is 18.2 Å². The second-order valence-corrected chi connectivity index (χ2v) is 2.05. The highest BCUT2D eigenvalue weighted by atomic mass is 14.7. The van der Waals surface area contributed by atoms with Gasteiger partial charge in [-0.25, -0.2) is 0 Å². The highest BCUT2D eigenvalue weighted by Gasteiger charge is 1.97. The molecule has 0 fully saturated rings. The zero-order valence-corrected chi connectivity index (χ0v) is 5.22. The van der Waals surface area contributed by atoms with Gasteiger partial charge in [0.25, 0.3) is 0 Å². The monoisotopic (exact) mass is 122 g/mol. The van der Waals surface area contributed by atoms with Crippen LogP contribution in [-0.4, -0.2) is 5.84 Å². The van der Waals surface area contributed by atoms with Crippen molar-refractivity contribution in [1.82, 2.24) is 0 Å². The molecule has 0 aliphatic heterocycles. The van der Waals surface area contributed by atoms with E-state index < -0.39 is 0 Å². The van der Waals surface area contributed by atoms with E-state index in [9.17, 15) is 0 Å². The van der Waals surface area contributed by atoms with Gasteiger partial charge in [0, 0.05) is 5.57 Å². The molecule has 0 saturated heterocycles. The maximum atomic E-state index is 7.05. The first-order valence-corrected chi connectivity index (χ1v) is 3.02. The van der Waals surface area contributed by atoms with E-state index in [-0.39, 0.29) is 5.84 Å². The highest BCUT2D eigenvalue weighted by molar-refractivity contribution is 5.97. The van der Waals surface area contributed by atoms with Gasteiger partial charge in [0.05, 0.1) is 0 Å². The van der Waals surface area contributed by atoms with Crippen molar-refractivity contribution in [2.45, 2.75) is 12.8 Å². The third-order valence-corrected chi connectivity index (χ3v) is 1.31. The Morgan fingerprint density at radius 2 is 2.33 bits per heavy atom. The average molecular weight is 122 g/mol. The molecule has 0 amide bonds. The van der Waals surface area contributed by atoms with Crippen LogP contribution in [0.1, 0.15) is 12.8 Å². The van der Waals surface area contributed by atoms with Crippen LogP contribution in [0.2, 0.25) is 0 Å². The van der Waals surface area contributed by atoms with E-state index in [1.807, 2.05) is 18.2 Å². The molecule has 0 unspecified atom stereocenters. The Kier molecular flexibility index (Phi) is 1.68. The summed E-state index contributed by atoms with van der Waals surface area (Å²) in [5.41, 5.74) is 6.09. The lowest BCUT2D eigenvalue weighted by atomic mass is 10.1. The molecule has 48 valence electrons. The summed E-state index contributed by atoms with van der Waals surface area (Å²) in [4.78, 5) is 0. The second kappa shape index (κ2) is 2.49. The number of hydrogen-bond donors (Lipinski definition) is 2. The van der Waals surface area contributed by atoms with E-state index in [1.165, 1.54) is 0 Å². The maximum Gasteiger partial charge on any atom is 0.122 e. The van der Waals surface area contributed by atoms with Crippen molar-refractivity contribution < 1.29 is 0 Å². The lowest BCUT2D eigenvalue weighted by molar-refractivity contribution is 1.03. The fourth-order valence-electron chi connectivity index (χ4n) is 0.813. The summed E-state index contributed by atoms with van der Waals surface area (Å²) < 4.78 is 0. The minimum atomic E-state index is 0.172. The molecule has 1 aliphatic rings. The van der Waals surface area contributed by atoms with Gasteiger partial charge in [0.15, 0.2) is 0 Å². The number of hydrogen-bond acceptors (Lipinski definition) is 1. The van der Waals surface area contributed by atoms with Crippen LogP contribution in [0.15, 0.2) is 23.8 Å². The van der Waals surface area contributed by atoms with E-state index >= 15 is 0 Å². The lowest BCUT2D eigenvalue weighted by Gasteiger charge is -2.02. The van der Waals surface area contributed by atoms with E-state index in [0.29, 0.717) is 0 Å². The predicted molar refractivity (Wildman–Crippen MR) is 38.4 cm³/mol. The topological polar surface area (TPSA) is 49.9 Å². The number of rotatable bonds is 1. The predicted octanol–water partition coefficient (Wildman–Crippen LogP) is 1.20. The molecule has 1 aliphatic carbocycles.